The van der Waals surface area contributed by atoms with Gasteiger partial charge in [-0.2, -0.15) is 0 Å². The maximum atomic E-state index is 13.0. The fraction of sp³-hybridized carbons (Fsp3) is 0.182. The number of rotatable bonds is 6. The van der Waals surface area contributed by atoms with E-state index >= 15 is 0 Å². The number of ether oxygens (including phenoxy) is 1. The average molecular weight is 381 g/mol. The van der Waals surface area contributed by atoms with Crippen LogP contribution in [0.25, 0.3) is 0 Å². The Balaban J connectivity index is 1.83. The minimum absolute atomic E-state index is 0.135. The first-order valence-electron chi connectivity index (χ1n) is 8.71. The lowest BCUT2D eigenvalue weighted by molar-refractivity contribution is -0.138. The van der Waals surface area contributed by atoms with Crippen LogP contribution >= 0.6 is 11.6 Å². The molecule has 0 saturated heterocycles. The van der Waals surface area contributed by atoms with E-state index in [1.54, 1.807) is 49.3 Å². The van der Waals surface area contributed by atoms with Crippen LogP contribution in [-0.2, 0) is 4.79 Å². The van der Waals surface area contributed by atoms with Crippen LogP contribution in [0.15, 0.2) is 79.0 Å². The standard InChI is InChI=1S/C22H21ClN2O2/c1-16(27-19-13-11-18(23)12-14-19)22(26)25(2)21(17-8-4-3-5-9-17)20-10-6-7-15-24-20/h3-16,21H,1-2H3. The molecule has 0 saturated carbocycles. The number of amides is 1. The van der Waals surface area contributed by atoms with Crippen molar-refractivity contribution in [2.75, 3.05) is 7.05 Å². The molecule has 0 bridgehead atoms. The molecule has 138 valence electrons. The lowest BCUT2D eigenvalue weighted by Gasteiger charge is -2.30. The molecule has 2 atom stereocenters. The number of hydrogen-bond donors (Lipinski definition) is 0. The molecule has 4 nitrogen and oxygen atoms in total. The summed E-state index contributed by atoms with van der Waals surface area (Å²) in [5.41, 5.74) is 1.80. The summed E-state index contributed by atoms with van der Waals surface area (Å²) in [6, 6.07) is 22.2. The summed E-state index contributed by atoms with van der Waals surface area (Å²) in [5.74, 6) is 0.465. The van der Waals surface area contributed by atoms with Crippen molar-refractivity contribution >= 4 is 17.5 Å². The Morgan fingerprint density at radius 2 is 1.67 bits per heavy atom. The number of likely N-dealkylation sites (N-methyl/N-ethyl adjacent to an activating group) is 1. The first-order valence-corrected chi connectivity index (χ1v) is 9.09. The third-order valence-corrected chi connectivity index (χ3v) is 4.54. The van der Waals surface area contributed by atoms with Crippen molar-refractivity contribution < 1.29 is 9.53 Å². The first-order chi connectivity index (χ1) is 13.1. The Hall–Kier alpha value is -2.85. The first kappa shape index (κ1) is 18.9. The van der Waals surface area contributed by atoms with Crippen LogP contribution in [0.1, 0.15) is 24.2 Å². The highest BCUT2D eigenvalue weighted by atomic mass is 35.5. The number of halogens is 1. The second kappa shape index (κ2) is 8.69. The molecular weight excluding hydrogens is 360 g/mol. The topological polar surface area (TPSA) is 42.4 Å². The van der Waals surface area contributed by atoms with Crippen molar-refractivity contribution in [2.45, 2.75) is 19.1 Å². The van der Waals surface area contributed by atoms with Gasteiger partial charge in [0.2, 0.25) is 0 Å². The lowest BCUT2D eigenvalue weighted by atomic mass is 10.0. The molecule has 0 radical (unpaired) electrons. The van der Waals surface area contributed by atoms with Gasteiger partial charge in [0.15, 0.2) is 6.10 Å². The molecule has 0 aliphatic rings. The molecule has 0 N–H and O–H groups in total. The third-order valence-electron chi connectivity index (χ3n) is 4.29. The van der Waals surface area contributed by atoms with E-state index in [0.29, 0.717) is 10.8 Å². The van der Waals surface area contributed by atoms with Gasteiger partial charge < -0.3 is 9.64 Å². The van der Waals surface area contributed by atoms with Gasteiger partial charge in [-0.15, -0.1) is 0 Å². The van der Waals surface area contributed by atoms with Gasteiger partial charge in [-0.3, -0.25) is 9.78 Å². The van der Waals surface area contributed by atoms with Crippen molar-refractivity contribution in [3.8, 4) is 5.75 Å². The van der Waals surface area contributed by atoms with Gasteiger partial charge >= 0.3 is 0 Å². The van der Waals surface area contributed by atoms with Crippen LogP contribution < -0.4 is 4.74 Å². The summed E-state index contributed by atoms with van der Waals surface area (Å²) in [6.45, 7) is 1.74. The lowest BCUT2D eigenvalue weighted by Crippen LogP contribution is -2.40. The van der Waals surface area contributed by atoms with E-state index in [-0.39, 0.29) is 11.9 Å². The highest BCUT2D eigenvalue weighted by Gasteiger charge is 2.28. The molecule has 0 aliphatic carbocycles. The van der Waals surface area contributed by atoms with Crippen LogP contribution in [0.3, 0.4) is 0 Å². The maximum Gasteiger partial charge on any atom is 0.263 e. The number of hydrogen-bond acceptors (Lipinski definition) is 3. The summed E-state index contributed by atoms with van der Waals surface area (Å²) in [5, 5.41) is 0.623. The number of pyridine rings is 1. The van der Waals surface area contributed by atoms with Crippen molar-refractivity contribution in [2.24, 2.45) is 0 Å². The molecule has 0 spiro atoms. The Morgan fingerprint density at radius 1 is 1.00 bits per heavy atom. The Kier molecular flexibility index (Phi) is 6.09. The van der Waals surface area contributed by atoms with Gasteiger partial charge in [0.05, 0.1) is 11.7 Å². The molecule has 1 amide bonds. The number of benzene rings is 2. The van der Waals surface area contributed by atoms with E-state index in [9.17, 15) is 4.79 Å². The summed E-state index contributed by atoms with van der Waals surface area (Å²) < 4.78 is 5.80. The van der Waals surface area contributed by atoms with Crippen molar-refractivity contribution in [1.82, 2.24) is 9.88 Å². The van der Waals surface area contributed by atoms with E-state index in [1.807, 2.05) is 48.5 Å². The fourth-order valence-electron chi connectivity index (χ4n) is 2.95. The minimum Gasteiger partial charge on any atom is -0.481 e. The molecule has 0 aliphatic heterocycles. The number of carbonyl (C=O) groups excluding carboxylic acids is 1. The molecule has 2 aromatic carbocycles. The molecule has 3 aromatic rings. The molecule has 1 heterocycles. The quantitative estimate of drug-likeness (QED) is 0.619. The van der Waals surface area contributed by atoms with Crippen LogP contribution in [-0.4, -0.2) is 28.9 Å². The second-order valence-electron chi connectivity index (χ2n) is 6.23. The third kappa shape index (κ3) is 4.66. The van der Waals surface area contributed by atoms with Gasteiger partial charge in [-0.05, 0) is 48.9 Å². The fourth-order valence-corrected chi connectivity index (χ4v) is 3.07. The molecule has 0 fully saturated rings. The van der Waals surface area contributed by atoms with E-state index in [4.69, 9.17) is 16.3 Å². The maximum absolute atomic E-state index is 13.0. The highest BCUT2D eigenvalue weighted by molar-refractivity contribution is 6.30. The molecule has 1 aromatic heterocycles. The van der Waals surface area contributed by atoms with Gasteiger partial charge in [0.1, 0.15) is 5.75 Å². The molecular formula is C22H21ClN2O2. The van der Waals surface area contributed by atoms with Crippen LogP contribution in [0.4, 0.5) is 0 Å². The minimum atomic E-state index is -0.647. The van der Waals surface area contributed by atoms with Gasteiger partial charge in [-0.25, -0.2) is 0 Å². The monoisotopic (exact) mass is 380 g/mol. The van der Waals surface area contributed by atoms with Gasteiger partial charge in [-0.1, -0.05) is 48.0 Å². The zero-order valence-electron chi connectivity index (χ0n) is 15.2. The molecule has 27 heavy (non-hydrogen) atoms. The Morgan fingerprint density at radius 3 is 2.30 bits per heavy atom. The Bertz CT molecular complexity index is 830. The van der Waals surface area contributed by atoms with Crippen molar-refractivity contribution in [1.29, 1.82) is 0 Å². The zero-order chi connectivity index (χ0) is 19.2. The van der Waals surface area contributed by atoms with Crippen LogP contribution in [0.5, 0.6) is 5.75 Å². The Labute approximate surface area is 164 Å². The van der Waals surface area contributed by atoms with Gasteiger partial charge in [0.25, 0.3) is 5.91 Å². The number of carbonyl (C=O) groups is 1. The molecule has 3 rings (SSSR count). The summed E-state index contributed by atoms with van der Waals surface area (Å²) in [6.07, 6.45) is 1.09. The smallest absolute Gasteiger partial charge is 0.263 e. The summed E-state index contributed by atoms with van der Waals surface area (Å²) >= 11 is 5.90. The van der Waals surface area contributed by atoms with Crippen LogP contribution in [0.2, 0.25) is 5.02 Å². The van der Waals surface area contributed by atoms with Crippen LogP contribution in [0, 0.1) is 0 Å². The summed E-state index contributed by atoms with van der Waals surface area (Å²) in [7, 11) is 1.77. The van der Waals surface area contributed by atoms with Crippen molar-refractivity contribution in [3.63, 3.8) is 0 Å². The van der Waals surface area contributed by atoms with E-state index in [0.717, 1.165) is 11.3 Å². The molecule has 2 unspecified atom stereocenters. The second-order valence-corrected chi connectivity index (χ2v) is 6.67. The van der Waals surface area contributed by atoms with E-state index in [1.165, 1.54) is 0 Å². The number of nitrogens with zero attached hydrogens (tertiary/aromatic N) is 2. The van der Waals surface area contributed by atoms with E-state index in [2.05, 4.69) is 4.98 Å². The average Bonchev–Trinajstić information content (AvgIpc) is 2.71. The predicted molar refractivity (Wildman–Crippen MR) is 107 cm³/mol. The molecule has 5 heteroatoms. The van der Waals surface area contributed by atoms with Gasteiger partial charge in [0, 0.05) is 18.3 Å². The SMILES string of the molecule is CC(Oc1ccc(Cl)cc1)C(=O)N(C)C(c1ccccc1)c1ccccn1. The van der Waals surface area contributed by atoms with E-state index < -0.39 is 6.10 Å². The predicted octanol–water partition coefficient (Wildman–Crippen LogP) is 4.75. The number of aromatic nitrogens is 1. The normalized spacial score (nSPS) is 12.9. The zero-order valence-corrected chi connectivity index (χ0v) is 16.0. The summed E-state index contributed by atoms with van der Waals surface area (Å²) in [4.78, 5) is 19.2. The van der Waals surface area contributed by atoms with Crippen molar-refractivity contribution in [3.05, 3.63) is 95.3 Å². The largest absolute Gasteiger partial charge is 0.481 e. The highest BCUT2D eigenvalue weighted by Crippen LogP contribution is 2.27.